The Morgan fingerprint density at radius 1 is 1.23 bits per heavy atom. The van der Waals surface area contributed by atoms with Crippen molar-refractivity contribution in [3.63, 3.8) is 0 Å². The van der Waals surface area contributed by atoms with Crippen LogP contribution in [0.1, 0.15) is 6.42 Å². The zero-order valence-corrected chi connectivity index (χ0v) is 20.2. The molecule has 0 aliphatic carbocycles. The molecule has 0 bridgehead atoms. The smallest absolute Gasteiger partial charge is 0.246 e. The van der Waals surface area contributed by atoms with Gasteiger partial charge in [0.15, 0.2) is 15.8 Å². The van der Waals surface area contributed by atoms with Crippen molar-refractivity contribution < 1.29 is 13.2 Å². The first-order chi connectivity index (χ1) is 13.9. The van der Waals surface area contributed by atoms with Crippen molar-refractivity contribution in [2.75, 3.05) is 43.9 Å². The van der Waals surface area contributed by atoms with Gasteiger partial charge >= 0.3 is 0 Å². The summed E-state index contributed by atoms with van der Waals surface area (Å²) in [6.07, 6.45) is 3.93. The zero-order valence-electron chi connectivity index (χ0n) is 17.1. The lowest BCUT2D eigenvalue weighted by atomic mass is 10.3. The Balaban J connectivity index is 0.00000320. The first-order valence-electron chi connectivity index (χ1n) is 9.43. The molecule has 3 rings (SSSR count). The van der Waals surface area contributed by atoms with E-state index in [-0.39, 0.29) is 42.2 Å². The molecule has 1 aliphatic rings. The number of rotatable bonds is 6. The van der Waals surface area contributed by atoms with Crippen LogP contribution in [-0.2, 0) is 21.7 Å². The van der Waals surface area contributed by atoms with Gasteiger partial charge in [0.25, 0.3) is 0 Å². The van der Waals surface area contributed by atoms with Crippen molar-refractivity contribution in [3.8, 4) is 0 Å². The SMILES string of the molecule is CN=C(NCCCS(=O)(=O)c1ccccc1)N1CCN(c2cnn(C)c2)C(=O)C1.I. The van der Waals surface area contributed by atoms with Crippen LogP contribution in [0, 0.1) is 0 Å². The summed E-state index contributed by atoms with van der Waals surface area (Å²) in [4.78, 5) is 20.7. The van der Waals surface area contributed by atoms with Crippen molar-refractivity contribution in [1.82, 2.24) is 20.0 Å². The Morgan fingerprint density at radius 3 is 2.57 bits per heavy atom. The van der Waals surface area contributed by atoms with Crippen molar-refractivity contribution in [1.29, 1.82) is 0 Å². The summed E-state index contributed by atoms with van der Waals surface area (Å²) in [5, 5.41) is 7.28. The molecule has 0 atom stereocenters. The number of piperazine rings is 1. The highest BCUT2D eigenvalue weighted by molar-refractivity contribution is 14.0. The third kappa shape index (κ3) is 5.94. The lowest BCUT2D eigenvalue weighted by molar-refractivity contribution is -0.120. The molecule has 2 heterocycles. The molecule has 30 heavy (non-hydrogen) atoms. The summed E-state index contributed by atoms with van der Waals surface area (Å²) in [5.41, 5.74) is 0.784. The highest BCUT2D eigenvalue weighted by Gasteiger charge is 2.27. The number of aryl methyl sites for hydroxylation is 1. The van der Waals surface area contributed by atoms with Gasteiger partial charge in [0.1, 0.15) is 6.54 Å². The highest BCUT2D eigenvalue weighted by atomic mass is 127. The van der Waals surface area contributed by atoms with Crippen LogP contribution >= 0.6 is 24.0 Å². The topological polar surface area (TPSA) is 99.9 Å². The maximum absolute atomic E-state index is 12.5. The van der Waals surface area contributed by atoms with Crippen LogP contribution in [0.2, 0.25) is 0 Å². The predicted octanol–water partition coefficient (Wildman–Crippen LogP) is 1.13. The summed E-state index contributed by atoms with van der Waals surface area (Å²) in [6.45, 7) is 1.82. The monoisotopic (exact) mass is 546 g/mol. The van der Waals surface area contributed by atoms with Crippen LogP contribution in [0.4, 0.5) is 5.69 Å². The first-order valence-corrected chi connectivity index (χ1v) is 11.1. The molecule has 0 unspecified atom stereocenters. The van der Waals surface area contributed by atoms with E-state index in [0.717, 1.165) is 5.69 Å². The van der Waals surface area contributed by atoms with E-state index in [0.29, 0.717) is 36.9 Å². The standard InChI is InChI=1S/C19H26N6O3S.HI/c1-20-19(21-9-6-12-29(27,28)17-7-4-3-5-8-17)24-10-11-25(18(26)15-24)16-13-22-23(2)14-16;/h3-5,7-8,13-14H,6,9-12,15H2,1-2H3,(H,20,21);1H. The minimum atomic E-state index is -3.30. The molecule has 9 nitrogen and oxygen atoms in total. The summed E-state index contributed by atoms with van der Waals surface area (Å²) in [7, 11) is 0.171. The quantitative estimate of drug-likeness (QED) is 0.253. The molecule has 0 radical (unpaired) electrons. The molecular formula is C19H27IN6O3S. The minimum Gasteiger partial charge on any atom is -0.356 e. The van der Waals surface area contributed by atoms with Gasteiger partial charge in [0.05, 0.1) is 22.5 Å². The molecule has 1 amide bonds. The van der Waals surface area contributed by atoms with Gasteiger partial charge in [-0.3, -0.25) is 14.5 Å². The van der Waals surface area contributed by atoms with Crippen LogP contribution in [0.25, 0.3) is 0 Å². The van der Waals surface area contributed by atoms with Gasteiger partial charge in [0, 0.05) is 39.9 Å². The normalized spacial score (nSPS) is 15.1. The second kappa shape index (κ2) is 10.8. The molecule has 1 fully saturated rings. The third-order valence-electron chi connectivity index (χ3n) is 4.71. The number of nitrogens with one attached hydrogen (secondary N) is 1. The van der Waals surface area contributed by atoms with Crippen LogP contribution in [0.5, 0.6) is 0 Å². The first kappa shape index (κ1) is 24.1. The van der Waals surface area contributed by atoms with Gasteiger partial charge in [-0.05, 0) is 18.6 Å². The number of hydrogen-bond donors (Lipinski definition) is 1. The molecule has 164 valence electrons. The number of anilines is 1. The molecule has 1 aromatic carbocycles. The summed E-state index contributed by atoms with van der Waals surface area (Å²) >= 11 is 0. The fraction of sp³-hybridized carbons (Fsp3) is 0.421. The van der Waals surface area contributed by atoms with Gasteiger partial charge in [-0.25, -0.2) is 8.42 Å². The Morgan fingerprint density at radius 2 is 1.97 bits per heavy atom. The van der Waals surface area contributed by atoms with Crippen molar-refractivity contribution in [2.24, 2.45) is 12.0 Å². The van der Waals surface area contributed by atoms with E-state index >= 15 is 0 Å². The van der Waals surface area contributed by atoms with Gasteiger partial charge < -0.3 is 15.1 Å². The Bertz CT molecular complexity index is 977. The number of carbonyl (C=O) groups excluding carboxylic acids is 1. The molecule has 1 saturated heterocycles. The summed E-state index contributed by atoms with van der Waals surface area (Å²) < 4.78 is 26.3. The molecule has 1 aromatic heterocycles. The minimum absolute atomic E-state index is 0. The summed E-state index contributed by atoms with van der Waals surface area (Å²) in [5.74, 6) is 0.620. The fourth-order valence-electron chi connectivity index (χ4n) is 3.22. The number of carbonyl (C=O) groups is 1. The maximum Gasteiger partial charge on any atom is 0.246 e. The molecule has 1 N–H and O–H groups in total. The molecular weight excluding hydrogens is 519 g/mol. The number of guanidine groups is 1. The van der Waals surface area contributed by atoms with Gasteiger partial charge in [-0.1, -0.05) is 18.2 Å². The molecule has 1 aliphatic heterocycles. The van der Waals surface area contributed by atoms with Crippen LogP contribution in [0.15, 0.2) is 52.6 Å². The molecule has 0 saturated carbocycles. The predicted molar refractivity (Wildman–Crippen MR) is 127 cm³/mol. The van der Waals surface area contributed by atoms with E-state index in [1.54, 1.807) is 53.2 Å². The van der Waals surface area contributed by atoms with E-state index < -0.39 is 9.84 Å². The number of aromatic nitrogens is 2. The molecule has 2 aromatic rings. The average Bonchev–Trinajstić information content (AvgIpc) is 3.14. The average molecular weight is 546 g/mol. The number of aliphatic imine (C=N–C) groups is 1. The Hall–Kier alpha value is -2.15. The Kier molecular flexibility index (Phi) is 8.65. The molecule has 0 spiro atoms. The van der Waals surface area contributed by atoms with Crippen LogP contribution in [0.3, 0.4) is 0 Å². The van der Waals surface area contributed by atoms with Crippen molar-refractivity contribution >= 4 is 51.4 Å². The van der Waals surface area contributed by atoms with Gasteiger partial charge in [-0.2, -0.15) is 5.10 Å². The zero-order chi connectivity index (χ0) is 20.9. The van der Waals surface area contributed by atoms with E-state index in [2.05, 4.69) is 15.4 Å². The second-order valence-electron chi connectivity index (χ2n) is 6.80. The number of sulfone groups is 1. The largest absolute Gasteiger partial charge is 0.356 e. The maximum atomic E-state index is 12.5. The number of amides is 1. The lowest BCUT2D eigenvalue weighted by Crippen LogP contribution is -2.55. The van der Waals surface area contributed by atoms with E-state index in [9.17, 15) is 13.2 Å². The van der Waals surface area contributed by atoms with E-state index in [1.165, 1.54) is 0 Å². The summed E-state index contributed by atoms with van der Waals surface area (Å²) in [6, 6.07) is 8.44. The van der Waals surface area contributed by atoms with E-state index in [4.69, 9.17) is 0 Å². The van der Waals surface area contributed by atoms with Gasteiger partial charge in [-0.15, -0.1) is 24.0 Å². The highest BCUT2D eigenvalue weighted by Crippen LogP contribution is 2.16. The van der Waals surface area contributed by atoms with Gasteiger partial charge in [0.2, 0.25) is 5.91 Å². The third-order valence-corrected chi connectivity index (χ3v) is 6.53. The number of halogens is 1. The van der Waals surface area contributed by atoms with Crippen LogP contribution in [-0.4, -0.2) is 73.9 Å². The van der Waals surface area contributed by atoms with E-state index in [1.807, 2.05) is 18.1 Å². The van der Waals surface area contributed by atoms with Crippen LogP contribution < -0.4 is 10.2 Å². The second-order valence-corrected chi connectivity index (χ2v) is 8.91. The molecule has 11 heteroatoms. The Labute approximate surface area is 194 Å². The number of nitrogens with zero attached hydrogens (tertiary/aromatic N) is 5. The lowest BCUT2D eigenvalue weighted by Gasteiger charge is -2.35. The fourth-order valence-corrected chi connectivity index (χ4v) is 4.55. The number of benzene rings is 1. The van der Waals surface area contributed by atoms with Crippen molar-refractivity contribution in [2.45, 2.75) is 11.3 Å². The van der Waals surface area contributed by atoms with Crippen molar-refractivity contribution in [3.05, 3.63) is 42.7 Å². The number of hydrogen-bond acceptors (Lipinski definition) is 5.